The molecule has 2 bridgehead atoms. The first kappa shape index (κ1) is 15.6. The Balaban J connectivity index is 1.50. The molecule has 120 valence electrons. The summed E-state index contributed by atoms with van der Waals surface area (Å²) in [5.74, 6) is 2.72. The molecule has 2 saturated carbocycles. The van der Waals surface area contributed by atoms with E-state index in [9.17, 15) is 0 Å². The molecule has 2 aliphatic carbocycles. The molecular weight excluding hydrogens is 292 g/mol. The predicted octanol–water partition coefficient (Wildman–Crippen LogP) is 3.58. The van der Waals surface area contributed by atoms with E-state index in [0.717, 1.165) is 29.2 Å². The van der Waals surface area contributed by atoms with Crippen molar-refractivity contribution >= 4 is 17.3 Å². The standard InChI is InChI=1S/C18H26N2OS/c1-3-21-16-8-5-13(6-9-16)12-20(2)18(22)19-17-11-14-4-7-15(17)10-14/h5-6,8-9,14-15,17H,3-4,7,10-12H2,1-2H3,(H,19,22)/t14-,15-,17-/m1/s1. The van der Waals surface area contributed by atoms with Crippen molar-refractivity contribution in [1.82, 2.24) is 10.2 Å². The van der Waals surface area contributed by atoms with Gasteiger partial charge in [0.2, 0.25) is 0 Å². The van der Waals surface area contributed by atoms with E-state index < -0.39 is 0 Å². The van der Waals surface area contributed by atoms with Gasteiger partial charge in [0.05, 0.1) is 6.61 Å². The van der Waals surface area contributed by atoms with E-state index in [1.165, 1.54) is 31.2 Å². The third-order valence-corrected chi connectivity index (χ3v) is 5.48. The maximum absolute atomic E-state index is 5.59. The third kappa shape index (κ3) is 3.54. The van der Waals surface area contributed by atoms with Crippen LogP contribution >= 0.6 is 12.2 Å². The SMILES string of the molecule is CCOc1ccc(CN(C)C(=S)N[C@@H]2C[C@@H]3CC[C@@H]2C3)cc1. The molecule has 3 rings (SSSR count). The highest BCUT2D eigenvalue weighted by atomic mass is 32.1. The zero-order chi connectivity index (χ0) is 15.5. The van der Waals surface area contributed by atoms with Gasteiger partial charge in [0.15, 0.2) is 5.11 Å². The Hall–Kier alpha value is -1.29. The first-order chi connectivity index (χ1) is 10.7. The van der Waals surface area contributed by atoms with Crippen LogP contribution in [0.25, 0.3) is 0 Å². The van der Waals surface area contributed by atoms with Crippen LogP contribution in [0.1, 0.15) is 38.2 Å². The van der Waals surface area contributed by atoms with E-state index in [2.05, 4.69) is 29.4 Å². The summed E-state index contributed by atoms with van der Waals surface area (Å²) in [6, 6.07) is 8.88. The lowest BCUT2D eigenvalue weighted by Crippen LogP contribution is -2.44. The lowest BCUT2D eigenvalue weighted by Gasteiger charge is -2.28. The van der Waals surface area contributed by atoms with Gasteiger partial charge in [-0.15, -0.1) is 0 Å². The third-order valence-electron chi connectivity index (χ3n) is 5.05. The fourth-order valence-corrected chi connectivity index (χ4v) is 4.11. The van der Waals surface area contributed by atoms with Crippen LogP contribution in [0.2, 0.25) is 0 Å². The minimum atomic E-state index is 0.606. The predicted molar refractivity (Wildman–Crippen MR) is 94.0 cm³/mol. The number of nitrogens with one attached hydrogen (secondary N) is 1. The quantitative estimate of drug-likeness (QED) is 0.839. The fraction of sp³-hybridized carbons (Fsp3) is 0.611. The van der Waals surface area contributed by atoms with Crippen LogP contribution in [-0.2, 0) is 6.54 Å². The van der Waals surface area contributed by atoms with Crippen molar-refractivity contribution in [1.29, 1.82) is 0 Å². The molecule has 2 fully saturated rings. The van der Waals surface area contributed by atoms with Crippen LogP contribution in [-0.4, -0.2) is 29.7 Å². The van der Waals surface area contributed by atoms with Gasteiger partial charge in [0, 0.05) is 19.6 Å². The molecular formula is C18H26N2OS. The highest BCUT2D eigenvalue weighted by molar-refractivity contribution is 7.80. The first-order valence-corrected chi connectivity index (χ1v) is 8.80. The van der Waals surface area contributed by atoms with Crippen LogP contribution in [0, 0.1) is 11.8 Å². The normalized spacial score (nSPS) is 26.0. The fourth-order valence-electron chi connectivity index (χ4n) is 3.89. The lowest BCUT2D eigenvalue weighted by atomic mass is 9.95. The molecule has 0 spiro atoms. The highest BCUT2D eigenvalue weighted by Gasteiger charge is 2.39. The van der Waals surface area contributed by atoms with E-state index >= 15 is 0 Å². The summed E-state index contributed by atoms with van der Waals surface area (Å²) in [6.45, 7) is 3.54. The van der Waals surface area contributed by atoms with E-state index in [1.807, 2.05) is 19.1 Å². The van der Waals surface area contributed by atoms with Gasteiger partial charge in [-0.2, -0.15) is 0 Å². The summed E-state index contributed by atoms with van der Waals surface area (Å²) in [5, 5.41) is 4.48. The number of nitrogens with zero attached hydrogens (tertiary/aromatic N) is 1. The zero-order valence-corrected chi connectivity index (χ0v) is 14.4. The Kier molecular flexibility index (Phi) is 4.87. The van der Waals surface area contributed by atoms with Crippen molar-refractivity contribution in [3.63, 3.8) is 0 Å². The lowest BCUT2D eigenvalue weighted by molar-refractivity contribution is 0.340. The molecule has 1 aromatic rings. The van der Waals surface area contributed by atoms with Gasteiger partial charge >= 0.3 is 0 Å². The van der Waals surface area contributed by atoms with Gasteiger partial charge in [0.25, 0.3) is 0 Å². The van der Waals surface area contributed by atoms with Gasteiger partial charge in [-0.3, -0.25) is 0 Å². The molecule has 0 radical (unpaired) electrons. The van der Waals surface area contributed by atoms with Crippen molar-refractivity contribution in [3.05, 3.63) is 29.8 Å². The van der Waals surface area contributed by atoms with Crippen molar-refractivity contribution < 1.29 is 4.74 Å². The van der Waals surface area contributed by atoms with Crippen LogP contribution < -0.4 is 10.1 Å². The molecule has 3 atom stereocenters. The second-order valence-electron chi connectivity index (χ2n) is 6.66. The van der Waals surface area contributed by atoms with E-state index in [4.69, 9.17) is 17.0 Å². The maximum Gasteiger partial charge on any atom is 0.169 e. The van der Waals surface area contributed by atoms with Gasteiger partial charge in [-0.1, -0.05) is 18.6 Å². The van der Waals surface area contributed by atoms with E-state index in [0.29, 0.717) is 12.6 Å². The molecule has 1 N–H and O–H groups in total. The van der Waals surface area contributed by atoms with Gasteiger partial charge < -0.3 is 15.0 Å². The van der Waals surface area contributed by atoms with Crippen molar-refractivity contribution in [3.8, 4) is 5.75 Å². The Morgan fingerprint density at radius 2 is 2.05 bits per heavy atom. The number of fused-ring (bicyclic) bond motifs is 2. The molecule has 22 heavy (non-hydrogen) atoms. The Morgan fingerprint density at radius 3 is 2.64 bits per heavy atom. The number of thiocarbonyl (C=S) groups is 1. The van der Waals surface area contributed by atoms with Crippen LogP contribution in [0.3, 0.4) is 0 Å². The van der Waals surface area contributed by atoms with Crippen molar-refractivity contribution in [2.24, 2.45) is 11.8 Å². The molecule has 0 amide bonds. The topological polar surface area (TPSA) is 24.5 Å². The highest BCUT2D eigenvalue weighted by Crippen LogP contribution is 2.44. The second-order valence-corrected chi connectivity index (χ2v) is 7.05. The molecule has 0 aliphatic heterocycles. The summed E-state index contributed by atoms with van der Waals surface area (Å²) in [4.78, 5) is 2.14. The Bertz CT molecular complexity index is 516. The van der Waals surface area contributed by atoms with E-state index in [-0.39, 0.29) is 0 Å². The zero-order valence-electron chi connectivity index (χ0n) is 13.5. The molecule has 3 nitrogen and oxygen atoms in total. The van der Waals surface area contributed by atoms with Gasteiger partial charge in [-0.25, -0.2) is 0 Å². The minimum Gasteiger partial charge on any atom is -0.494 e. The van der Waals surface area contributed by atoms with Crippen LogP contribution in [0.5, 0.6) is 5.75 Å². The molecule has 1 aromatic carbocycles. The average molecular weight is 318 g/mol. The largest absolute Gasteiger partial charge is 0.494 e. The van der Waals surface area contributed by atoms with Crippen LogP contribution in [0.4, 0.5) is 0 Å². The maximum atomic E-state index is 5.59. The minimum absolute atomic E-state index is 0.606. The summed E-state index contributed by atoms with van der Waals surface area (Å²) in [5.41, 5.74) is 1.25. The number of hydrogen-bond acceptors (Lipinski definition) is 2. The summed E-state index contributed by atoms with van der Waals surface area (Å²) < 4.78 is 5.48. The molecule has 0 saturated heterocycles. The Labute approximate surface area is 139 Å². The van der Waals surface area contributed by atoms with Gasteiger partial charge in [-0.05, 0) is 67.9 Å². The molecule has 0 aromatic heterocycles. The monoisotopic (exact) mass is 318 g/mol. The summed E-state index contributed by atoms with van der Waals surface area (Å²) in [7, 11) is 2.07. The second kappa shape index (κ2) is 6.86. The number of benzene rings is 1. The van der Waals surface area contributed by atoms with Crippen molar-refractivity contribution in [2.75, 3.05) is 13.7 Å². The number of rotatable bonds is 5. The summed E-state index contributed by atoms with van der Waals surface area (Å²) in [6.07, 6.45) is 5.52. The first-order valence-electron chi connectivity index (χ1n) is 8.39. The molecule has 2 aliphatic rings. The van der Waals surface area contributed by atoms with E-state index in [1.54, 1.807) is 0 Å². The smallest absolute Gasteiger partial charge is 0.169 e. The average Bonchev–Trinajstić information content (AvgIpc) is 3.12. The molecule has 0 heterocycles. The number of ether oxygens (including phenoxy) is 1. The van der Waals surface area contributed by atoms with Crippen LogP contribution in [0.15, 0.2) is 24.3 Å². The van der Waals surface area contributed by atoms with Crippen molar-refractivity contribution in [2.45, 2.75) is 45.2 Å². The summed E-state index contributed by atoms with van der Waals surface area (Å²) >= 11 is 5.59. The number of hydrogen-bond donors (Lipinski definition) is 1. The molecule has 4 heteroatoms. The Morgan fingerprint density at radius 1 is 1.27 bits per heavy atom. The van der Waals surface area contributed by atoms with Gasteiger partial charge in [0.1, 0.15) is 5.75 Å². The molecule has 0 unspecified atom stereocenters.